The number of nitrogens with one attached hydrogen (secondary N) is 1. The highest BCUT2D eigenvalue weighted by Crippen LogP contribution is 2.03. The first-order valence-electron chi connectivity index (χ1n) is 6.63. The molecule has 108 valence electrons. The molecule has 2 N–H and O–H groups in total. The molecule has 0 aliphatic rings. The molecule has 0 fully saturated rings. The van der Waals surface area contributed by atoms with E-state index in [1.807, 2.05) is 19.2 Å². The van der Waals surface area contributed by atoms with Crippen molar-refractivity contribution in [1.82, 2.24) is 9.88 Å². The van der Waals surface area contributed by atoms with Crippen LogP contribution in [0.25, 0.3) is 0 Å². The first kappa shape index (κ1) is 15.9. The van der Waals surface area contributed by atoms with E-state index in [2.05, 4.69) is 5.32 Å². The summed E-state index contributed by atoms with van der Waals surface area (Å²) in [6.45, 7) is 4.54. The zero-order valence-corrected chi connectivity index (χ0v) is 12.3. The normalized spacial score (nSPS) is 12.4. The number of carbonyl (C=O) groups is 1. The number of rotatable bonds is 8. The Bertz CT molecular complexity index is 453. The third-order valence-electron chi connectivity index (χ3n) is 3.10. The summed E-state index contributed by atoms with van der Waals surface area (Å²) in [7, 11) is 0. The summed E-state index contributed by atoms with van der Waals surface area (Å²) >= 11 is 1.19. The summed E-state index contributed by atoms with van der Waals surface area (Å²) in [6, 6.07) is 0.0445. The molecule has 0 saturated heterocycles. The van der Waals surface area contributed by atoms with E-state index in [9.17, 15) is 9.59 Å². The molecule has 1 unspecified atom stereocenters. The van der Waals surface area contributed by atoms with Crippen LogP contribution in [0.3, 0.4) is 0 Å². The molecule has 0 aromatic carbocycles. The molecule has 0 aliphatic heterocycles. The zero-order valence-electron chi connectivity index (χ0n) is 11.5. The highest BCUT2D eigenvalue weighted by molar-refractivity contribution is 7.07. The lowest BCUT2D eigenvalue weighted by atomic mass is 10.1. The lowest BCUT2D eigenvalue weighted by Gasteiger charge is -2.15. The van der Waals surface area contributed by atoms with Gasteiger partial charge in [0.15, 0.2) is 0 Å². The van der Waals surface area contributed by atoms with Crippen molar-refractivity contribution < 1.29 is 9.90 Å². The van der Waals surface area contributed by atoms with Crippen LogP contribution in [0, 0.1) is 6.92 Å². The molecule has 19 heavy (non-hydrogen) atoms. The molecule has 0 saturated carbocycles. The van der Waals surface area contributed by atoms with E-state index in [-0.39, 0.29) is 23.4 Å². The van der Waals surface area contributed by atoms with Gasteiger partial charge in [-0.2, -0.15) is 0 Å². The van der Waals surface area contributed by atoms with Gasteiger partial charge in [-0.25, -0.2) is 0 Å². The van der Waals surface area contributed by atoms with Gasteiger partial charge in [-0.15, -0.1) is 0 Å². The lowest BCUT2D eigenvalue weighted by Crippen LogP contribution is -2.35. The summed E-state index contributed by atoms with van der Waals surface area (Å²) < 4.78 is 1.70. The van der Waals surface area contributed by atoms with Gasteiger partial charge in [0.25, 0.3) is 0 Å². The van der Waals surface area contributed by atoms with Crippen molar-refractivity contribution in [2.24, 2.45) is 0 Å². The number of hydrogen-bond acceptors (Lipinski definition) is 4. The number of nitrogens with zero attached hydrogens (tertiary/aromatic N) is 1. The Morgan fingerprint density at radius 2 is 2.32 bits per heavy atom. The van der Waals surface area contributed by atoms with E-state index in [1.54, 1.807) is 4.57 Å². The maximum Gasteiger partial charge on any atom is 0.307 e. The van der Waals surface area contributed by atoms with Crippen LogP contribution >= 0.6 is 11.3 Å². The Labute approximate surface area is 117 Å². The van der Waals surface area contributed by atoms with Crippen LogP contribution in [-0.2, 0) is 11.3 Å². The predicted molar refractivity (Wildman–Crippen MR) is 76.5 cm³/mol. The van der Waals surface area contributed by atoms with Crippen LogP contribution in [0.15, 0.2) is 10.2 Å². The van der Waals surface area contributed by atoms with Crippen LogP contribution < -0.4 is 10.2 Å². The van der Waals surface area contributed by atoms with Crippen molar-refractivity contribution in [2.45, 2.75) is 52.1 Å². The minimum Gasteiger partial charge on any atom is -0.396 e. The number of carbonyl (C=O) groups excluding carboxylic acids is 1. The second kappa shape index (κ2) is 8.12. The molecule has 1 aromatic heterocycles. The van der Waals surface area contributed by atoms with E-state index in [0.29, 0.717) is 25.8 Å². The van der Waals surface area contributed by atoms with Crippen LogP contribution in [-0.4, -0.2) is 28.2 Å². The van der Waals surface area contributed by atoms with Gasteiger partial charge < -0.3 is 15.0 Å². The van der Waals surface area contributed by atoms with Gasteiger partial charge in [-0.3, -0.25) is 9.59 Å². The van der Waals surface area contributed by atoms with Gasteiger partial charge in [-0.1, -0.05) is 18.3 Å². The number of thiazole rings is 1. The maximum absolute atomic E-state index is 11.7. The van der Waals surface area contributed by atoms with Gasteiger partial charge in [0, 0.05) is 36.7 Å². The number of hydrogen-bond donors (Lipinski definition) is 2. The van der Waals surface area contributed by atoms with Crippen molar-refractivity contribution in [3.63, 3.8) is 0 Å². The smallest absolute Gasteiger partial charge is 0.307 e. The van der Waals surface area contributed by atoms with Crippen molar-refractivity contribution in [1.29, 1.82) is 0 Å². The second-order valence-corrected chi connectivity index (χ2v) is 5.40. The van der Waals surface area contributed by atoms with E-state index in [1.165, 1.54) is 11.3 Å². The first-order chi connectivity index (χ1) is 9.08. The lowest BCUT2D eigenvalue weighted by molar-refractivity contribution is -0.122. The van der Waals surface area contributed by atoms with Crippen molar-refractivity contribution >= 4 is 17.2 Å². The number of aliphatic hydroxyl groups excluding tert-OH is 1. The van der Waals surface area contributed by atoms with E-state index in [4.69, 9.17) is 5.11 Å². The highest BCUT2D eigenvalue weighted by Gasteiger charge is 2.10. The topological polar surface area (TPSA) is 71.3 Å². The van der Waals surface area contributed by atoms with Crippen molar-refractivity contribution in [2.75, 3.05) is 6.61 Å². The second-order valence-electron chi connectivity index (χ2n) is 4.58. The fraction of sp³-hybridized carbons (Fsp3) is 0.692. The van der Waals surface area contributed by atoms with Crippen LogP contribution in [0.1, 0.15) is 38.3 Å². The SMILES string of the molecule is CCC(CCO)NC(=O)CCCn1c(C)csc1=O. The summed E-state index contributed by atoms with van der Waals surface area (Å²) in [5, 5.41) is 13.6. The van der Waals surface area contributed by atoms with Gasteiger partial charge in [0.1, 0.15) is 0 Å². The first-order valence-corrected chi connectivity index (χ1v) is 7.51. The summed E-state index contributed by atoms with van der Waals surface area (Å²) in [5.41, 5.74) is 0.946. The van der Waals surface area contributed by atoms with E-state index >= 15 is 0 Å². The molecular weight excluding hydrogens is 264 g/mol. The molecule has 5 nitrogen and oxygen atoms in total. The van der Waals surface area contributed by atoms with Crippen LogP contribution in [0.4, 0.5) is 0 Å². The molecule has 1 amide bonds. The van der Waals surface area contributed by atoms with Crippen LogP contribution in [0.5, 0.6) is 0 Å². The fourth-order valence-electron chi connectivity index (χ4n) is 1.91. The van der Waals surface area contributed by atoms with Crippen molar-refractivity contribution in [3.8, 4) is 0 Å². The third kappa shape index (κ3) is 5.16. The molecule has 1 heterocycles. The van der Waals surface area contributed by atoms with Gasteiger partial charge in [0.2, 0.25) is 5.91 Å². The summed E-state index contributed by atoms with van der Waals surface area (Å²) in [4.78, 5) is 23.2. The van der Waals surface area contributed by atoms with Crippen LogP contribution in [0.2, 0.25) is 0 Å². The van der Waals surface area contributed by atoms with Crippen molar-refractivity contribution in [3.05, 3.63) is 20.7 Å². The molecule has 1 aromatic rings. The molecule has 1 atom stereocenters. The number of amides is 1. The standard InChI is InChI=1S/C13H22N2O3S/c1-3-11(6-8-16)14-12(17)5-4-7-15-10(2)9-19-13(15)18/h9,11,16H,3-8H2,1-2H3,(H,14,17). The minimum atomic E-state index is -0.0127. The molecule has 0 radical (unpaired) electrons. The molecule has 0 bridgehead atoms. The molecular formula is C13H22N2O3S. The molecule has 1 rings (SSSR count). The number of aromatic nitrogens is 1. The monoisotopic (exact) mass is 286 g/mol. The fourth-order valence-corrected chi connectivity index (χ4v) is 2.67. The quantitative estimate of drug-likeness (QED) is 0.756. The Morgan fingerprint density at radius 1 is 1.58 bits per heavy atom. The van der Waals surface area contributed by atoms with Gasteiger partial charge >= 0.3 is 4.87 Å². The zero-order chi connectivity index (χ0) is 14.3. The summed E-state index contributed by atoms with van der Waals surface area (Å²) in [6.07, 6.45) is 2.46. The maximum atomic E-state index is 11.7. The number of aryl methyl sites for hydroxylation is 1. The average Bonchev–Trinajstić information content (AvgIpc) is 2.69. The minimum absolute atomic E-state index is 0.0127. The van der Waals surface area contributed by atoms with Gasteiger partial charge in [0.05, 0.1) is 0 Å². The molecule has 6 heteroatoms. The number of aliphatic hydroxyl groups is 1. The third-order valence-corrected chi connectivity index (χ3v) is 3.98. The Balaban J connectivity index is 2.33. The molecule has 0 aliphatic carbocycles. The highest BCUT2D eigenvalue weighted by atomic mass is 32.1. The van der Waals surface area contributed by atoms with Gasteiger partial charge in [-0.05, 0) is 26.2 Å². The average molecular weight is 286 g/mol. The molecule has 0 spiro atoms. The Kier molecular flexibility index (Phi) is 6.80. The largest absolute Gasteiger partial charge is 0.396 e. The Morgan fingerprint density at radius 3 is 2.84 bits per heavy atom. The van der Waals surface area contributed by atoms with E-state index < -0.39 is 0 Å². The summed E-state index contributed by atoms with van der Waals surface area (Å²) in [5.74, 6) is -0.0127. The van der Waals surface area contributed by atoms with E-state index in [0.717, 1.165) is 12.1 Å². The Hall–Kier alpha value is -1.14. The predicted octanol–water partition coefficient (Wildman–Crippen LogP) is 1.28.